The number of ether oxygens (including phenoxy) is 1. The van der Waals surface area contributed by atoms with Crippen LogP contribution in [0.3, 0.4) is 0 Å². The summed E-state index contributed by atoms with van der Waals surface area (Å²) >= 11 is 1.16. The molecule has 0 heterocycles. The molecule has 1 unspecified atom stereocenters. The molecule has 0 aliphatic carbocycles. The highest BCUT2D eigenvalue weighted by molar-refractivity contribution is 8.00. The molecular formula is C34H30F3N3O4S. The zero-order chi connectivity index (χ0) is 32.4. The Balaban J connectivity index is 1.50. The molecule has 7 nitrogen and oxygen atoms in total. The largest absolute Gasteiger partial charge is 0.493 e. The minimum Gasteiger partial charge on any atom is -0.493 e. The smallest absolute Gasteiger partial charge is 0.416 e. The van der Waals surface area contributed by atoms with Gasteiger partial charge in [0, 0.05) is 27.4 Å². The van der Waals surface area contributed by atoms with Crippen molar-refractivity contribution in [1.82, 2.24) is 5.32 Å². The average Bonchev–Trinajstić information content (AvgIpc) is 3.02. The molecule has 0 saturated carbocycles. The van der Waals surface area contributed by atoms with Gasteiger partial charge in [0.05, 0.1) is 17.4 Å². The van der Waals surface area contributed by atoms with E-state index in [2.05, 4.69) is 16.0 Å². The van der Waals surface area contributed by atoms with Crippen molar-refractivity contribution in [2.75, 3.05) is 17.2 Å². The number of anilines is 2. The molecule has 0 radical (unpaired) electrons. The van der Waals surface area contributed by atoms with E-state index in [4.69, 9.17) is 4.74 Å². The van der Waals surface area contributed by atoms with Crippen molar-refractivity contribution in [1.29, 1.82) is 0 Å². The lowest BCUT2D eigenvalue weighted by Gasteiger charge is -2.15. The minimum absolute atomic E-state index is 0.0251. The van der Waals surface area contributed by atoms with E-state index in [1.807, 2.05) is 6.92 Å². The fraction of sp³-hybridized carbons (Fsp3) is 0.147. The van der Waals surface area contributed by atoms with Crippen LogP contribution in [0.4, 0.5) is 24.5 Å². The summed E-state index contributed by atoms with van der Waals surface area (Å²) < 4.78 is 44.8. The van der Waals surface area contributed by atoms with Crippen LogP contribution in [0.5, 0.6) is 5.75 Å². The van der Waals surface area contributed by atoms with E-state index < -0.39 is 34.7 Å². The van der Waals surface area contributed by atoms with E-state index >= 15 is 0 Å². The lowest BCUT2D eigenvalue weighted by Crippen LogP contribution is -2.30. The summed E-state index contributed by atoms with van der Waals surface area (Å²) in [4.78, 5) is 39.9. The maximum atomic E-state index is 13.5. The van der Waals surface area contributed by atoms with Gasteiger partial charge in [-0.2, -0.15) is 13.2 Å². The predicted octanol–water partition coefficient (Wildman–Crippen LogP) is 7.63. The van der Waals surface area contributed by atoms with Gasteiger partial charge in [-0.3, -0.25) is 14.4 Å². The van der Waals surface area contributed by atoms with E-state index in [0.29, 0.717) is 34.1 Å². The minimum atomic E-state index is -4.53. The number of carbonyl (C=O) groups is 3. The molecule has 11 heteroatoms. The topological polar surface area (TPSA) is 96.5 Å². The van der Waals surface area contributed by atoms with Crippen molar-refractivity contribution >= 4 is 46.9 Å². The molecule has 45 heavy (non-hydrogen) atoms. The van der Waals surface area contributed by atoms with Crippen molar-refractivity contribution in [3.63, 3.8) is 0 Å². The Kier molecular flexibility index (Phi) is 11.0. The molecule has 4 aromatic carbocycles. The van der Waals surface area contributed by atoms with Crippen LogP contribution in [0.15, 0.2) is 114 Å². The van der Waals surface area contributed by atoms with Gasteiger partial charge < -0.3 is 20.7 Å². The summed E-state index contributed by atoms with van der Waals surface area (Å²) in [7, 11) is 0. The van der Waals surface area contributed by atoms with E-state index in [0.717, 1.165) is 23.9 Å². The van der Waals surface area contributed by atoms with Gasteiger partial charge in [0.2, 0.25) is 5.91 Å². The van der Waals surface area contributed by atoms with Crippen molar-refractivity contribution < 1.29 is 32.3 Å². The summed E-state index contributed by atoms with van der Waals surface area (Å²) in [6.45, 7) is 3.87. The molecule has 0 aromatic heterocycles. The molecule has 0 bridgehead atoms. The molecule has 0 aliphatic rings. The lowest BCUT2D eigenvalue weighted by atomic mass is 10.1. The standard InChI is InChI=1S/C34H30F3N3O4S/c1-3-44-30-18-8-7-13-24(30)19-29(40-32(42)23-11-5-4-6-12-23)33(43)39-27-16-10-17-28(21-27)45-22(2)31(41)38-26-15-9-14-25(20-26)34(35,36)37/h4-22H,3H2,1-2H3,(H,38,41)(H,39,43)(H,40,42)/b29-19+. The molecule has 3 amide bonds. The summed E-state index contributed by atoms with van der Waals surface area (Å²) in [5.74, 6) is -1.02. The Bertz CT molecular complexity index is 1690. The first-order valence-corrected chi connectivity index (χ1v) is 14.8. The number of hydrogen-bond acceptors (Lipinski definition) is 5. The Labute approximate surface area is 262 Å². The average molecular weight is 634 g/mol. The van der Waals surface area contributed by atoms with Gasteiger partial charge >= 0.3 is 6.18 Å². The normalized spacial score (nSPS) is 12.2. The van der Waals surface area contributed by atoms with Gasteiger partial charge in [-0.25, -0.2) is 0 Å². The van der Waals surface area contributed by atoms with Crippen LogP contribution >= 0.6 is 11.8 Å². The van der Waals surface area contributed by atoms with Crippen LogP contribution in [-0.4, -0.2) is 29.6 Å². The maximum Gasteiger partial charge on any atom is 0.416 e. The van der Waals surface area contributed by atoms with Crippen molar-refractivity contribution in [2.24, 2.45) is 0 Å². The third-order valence-electron chi connectivity index (χ3n) is 6.28. The van der Waals surface area contributed by atoms with Crippen LogP contribution in [0.2, 0.25) is 0 Å². The third-order valence-corrected chi connectivity index (χ3v) is 7.37. The third kappa shape index (κ3) is 9.48. The zero-order valence-electron chi connectivity index (χ0n) is 24.4. The number of benzene rings is 4. The molecule has 232 valence electrons. The van der Waals surface area contributed by atoms with E-state index in [9.17, 15) is 27.6 Å². The quantitative estimate of drug-likeness (QED) is 0.117. The van der Waals surface area contributed by atoms with Crippen molar-refractivity contribution in [2.45, 2.75) is 30.2 Å². The highest BCUT2D eigenvalue weighted by Crippen LogP contribution is 2.31. The van der Waals surface area contributed by atoms with E-state index in [-0.39, 0.29) is 11.4 Å². The second-order valence-electron chi connectivity index (χ2n) is 9.66. The van der Waals surface area contributed by atoms with Gasteiger partial charge in [0.1, 0.15) is 11.4 Å². The number of hydrogen-bond donors (Lipinski definition) is 3. The number of amides is 3. The molecule has 3 N–H and O–H groups in total. The molecular weight excluding hydrogens is 603 g/mol. The SMILES string of the molecule is CCOc1ccccc1/C=C(/NC(=O)c1ccccc1)C(=O)Nc1cccc(SC(C)C(=O)Nc2cccc(C(F)(F)F)c2)c1. The summed E-state index contributed by atoms with van der Waals surface area (Å²) in [5, 5.41) is 7.32. The van der Waals surface area contributed by atoms with Crippen LogP contribution in [0, 0.1) is 0 Å². The summed E-state index contributed by atoms with van der Waals surface area (Å²) in [6, 6.07) is 26.7. The Morgan fingerprint density at radius 1 is 0.844 bits per heavy atom. The molecule has 1 atom stereocenters. The highest BCUT2D eigenvalue weighted by Gasteiger charge is 2.30. The summed E-state index contributed by atoms with van der Waals surface area (Å²) in [5.41, 5.74) is 0.495. The lowest BCUT2D eigenvalue weighted by molar-refractivity contribution is -0.137. The molecule has 0 aliphatic heterocycles. The number of nitrogens with one attached hydrogen (secondary N) is 3. The predicted molar refractivity (Wildman–Crippen MR) is 170 cm³/mol. The molecule has 0 spiro atoms. The second-order valence-corrected chi connectivity index (χ2v) is 11.1. The number of para-hydroxylation sites is 1. The van der Waals surface area contributed by atoms with Crippen molar-refractivity contribution in [3.05, 3.63) is 126 Å². The van der Waals surface area contributed by atoms with Gasteiger partial charge in [0.15, 0.2) is 0 Å². The number of halogens is 3. The van der Waals surface area contributed by atoms with Crippen LogP contribution < -0.4 is 20.7 Å². The molecule has 4 rings (SSSR count). The number of thioether (sulfide) groups is 1. The van der Waals surface area contributed by atoms with Crippen LogP contribution in [-0.2, 0) is 15.8 Å². The zero-order valence-corrected chi connectivity index (χ0v) is 25.2. The molecule has 0 saturated heterocycles. The number of alkyl halides is 3. The van der Waals surface area contributed by atoms with Gasteiger partial charge in [-0.15, -0.1) is 11.8 Å². The monoisotopic (exact) mass is 633 g/mol. The first kappa shape index (κ1) is 32.9. The maximum absolute atomic E-state index is 13.5. The van der Waals surface area contributed by atoms with E-state index in [1.54, 1.807) is 85.8 Å². The van der Waals surface area contributed by atoms with Crippen LogP contribution in [0.1, 0.15) is 35.3 Å². The molecule has 0 fully saturated rings. The van der Waals surface area contributed by atoms with Crippen LogP contribution in [0.25, 0.3) is 6.08 Å². The second kappa shape index (κ2) is 15.1. The fourth-order valence-corrected chi connectivity index (χ4v) is 5.03. The Hall–Kier alpha value is -5.03. The van der Waals surface area contributed by atoms with E-state index in [1.165, 1.54) is 18.2 Å². The number of rotatable bonds is 11. The molecule has 4 aromatic rings. The van der Waals surface area contributed by atoms with Crippen molar-refractivity contribution in [3.8, 4) is 5.75 Å². The summed E-state index contributed by atoms with van der Waals surface area (Å²) in [6.07, 6.45) is -3.00. The first-order valence-electron chi connectivity index (χ1n) is 13.9. The fourth-order valence-electron chi connectivity index (χ4n) is 4.11. The Morgan fingerprint density at radius 3 is 2.22 bits per heavy atom. The van der Waals surface area contributed by atoms with Gasteiger partial charge in [-0.05, 0) is 74.5 Å². The Morgan fingerprint density at radius 2 is 1.51 bits per heavy atom. The highest BCUT2D eigenvalue weighted by atomic mass is 32.2. The van der Waals surface area contributed by atoms with Gasteiger partial charge in [-0.1, -0.05) is 48.5 Å². The van der Waals surface area contributed by atoms with Gasteiger partial charge in [0.25, 0.3) is 11.8 Å². The number of carbonyl (C=O) groups excluding carboxylic acids is 3. The first-order chi connectivity index (χ1) is 21.5.